The van der Waals surface area contributed by atoms with Crippen LogP contribution >= 0.6 is 0 Å². The van der Waals surface area contributed by atoms with E-state index < -0.39 is 0 Å². The predicted octanol–water partition coefficient (Wildman–Crippen LogP) is 3.34. The molecule has 100 valence electrons. The summed E-state index contributed by atoms with van der Waals surface area (Å²) in [5.74, 6) is 0.636. The number of nitrogens with two attached hydrogens (primary N) is 1. The van der Waals surface area contributed by atoms with Gasteiger partial charge in [-0.2, -0.15) is 0 Å². The van der Waals surface area contributed by atoms with Crippen LogP contribution in [0, 0.1) is 26.6 Å². The highest BCUT2D eigenvalue weighted by atomic mass is 19.1. The molecule has 1 aromatic carbocycles. The average molecular weight is 259 g/mol. The van der Waals surface area contributed by atoms with E-state index in [9.17, 15) is 4.39 Å². The number of hydrogen-bond donors (Lipinski definition) is 2. The van der Waals surface area contributed by atoms with Gasteiger partial charge < -0.3 is 11.1 Å². The predicted molar refractivity (Wildman–Crippen MR) is 76.6 cm³/mol. The van der Waals surface area contributed by atoms with Gasteiger partial charge in [-0.25, -0.2) is 9.37 Å². The molecule has 0 aliphatic carbocycles. The Labute approximate surface area is 112 Å². The smallest absolute Gasteiger partial charge is 0.129 e. The quantitative estimate of drug-likeness (QED) is 0.888. The summed E-state index contributed by atoms with van der Waals surface area (Å²) in [5.41, 5.74) is 9.57. The number of halogens is 1. The van der Waals surface area contributed by atoms with Crippen LogP contribution in [0.2, 0.25) is 0 Å². The van der Waals surface area contributed by atoms with Crippen LogP contribution < -0.4 is 11.1 Å². The van der Waals surface area contributed by atoms with Crippen molar-refractivity contribution in [2.24, 2.45) is 0 Å². The molecule has 0 spiro atoms. The van der Waals surface area contributed by atoms with Crippen molar-refractivity contribution in [1.82, 2.24) is 4.98 Å². The molecule has 0 atom stereocenters. The largest absolute Gasteiger partial charge is 0.397 e. The van der Waals surface area contributed by atoms with Gasteiger partial charge in [-0.15, -0.1) is 0 Å². The first-order valence-corrected chi connectivity index (χ1v) is 6.20. The second-order valence-corrected chi connectivity index (χ2v) is 4.77. The summed E-state index contributed by atoms with van der Waals surface area (Å²) >= 11 is 0. The zero-order valence-corrected chi connectivity index (χ0v) is 11.4. The van der Waals surface area contributed by atoms with Crippen LogP contribution in [0.15, 0.2) is 24.3 Å². The summed E-state index contributed by atoms with van der Waals surface area (Å²) in [5, 5.41) is 3.21. The highest BCUT2D eigenvalue weighted by molar-refractivity contribution is 5.49. The fourth-order valence-corrected chi connectivity index (χ4v) is 2.00. The lowest BCUT2D eigenvalue weighted by atomic mass is 10.1. The molecule has 0 aliphatic heterocycles. The zero-order valence-electron chi connectivity index (χ0n) is 11.4. The third-order valence-corrected chi connectivity index (χ3v) is 3.10. The van der Waals surface area contributed by atoms with Gasteiger partial charge in [0, 0.05) is 6.54 Å². The normalized spacial score (nSPS) is 10.5. The van der Waals surface area contributed by atoms with Gasteiger partial charge in [0.05, 0.1) is 11.4 Å². The van der Waals surface area contributed by atoms with Crippen LogP contribution in [0.25, 0.3) is 0 Å². The monoisotopic (exact) mass is 259 g/mol. The van der Waals surface area contributed by atoms with E-state index in [0.29, 0.717) is 23.4 Å². The fourth-order valence-electron chi connectivity index (χ4n) is 2.00. The van der Waals surface area contributed by atoms with Gasteiger partial charge in [-0.05, 0) is 49.6 Å². The Bertz CT molecular complexity index is 585. The minimum atomic E-state index is -0.134. The minimum absolute atomic E-state index is 0.134. The molecule has 1 heterocycles. The Morgan fingerprint density at radius 3 is 2.37 bits per heavy atom. The number of pyridine rings is 1. The zero-order chi connectivity index (χ0) is 14.0. The fraction of sp³-hybridized carbons (Fsp3) is 0.267. The Kier molecular flexibility index (Phi) is 3.69. The van der Waals surface area contributed by atoms with Crippen molar-refractivity contribution in [2.75, 3.05) is 11.1 Å². The van der Waals surface area contributed by atoms with Crippen molar-refractivity contribution < 1.29 is 4.39 Å². The first-order valence-electron chi connectivity index (χ1n) is 6.20. The number of benzene rings is 1. The van der Waals surface area contributed by atoms with E-state index in [1.165, 1.54) is 0 Å². The second kappa shape index (κ2) is 5.26. The maximum atomic E-state index is 13.5. The topological polar surface area (TPSA) is 50.9 Å². The van der Waals surface area contributed by atoms with Crippen molar-refractivity contribution in [2.45, 2.75) is 27.3 Å². The maximum Gasteiger partial charge on any atom is 0.129 e. The Morgan fingerprint density at radius 2 is 1.79 bits per heavy atom. The van der Waals surface area contributed by atoms with Crippen molar-refractivity contribution in [3.8, 4) is 0 Å². The third kappa shape index (κ3) is 3.02. The molecule has 2 rings (SSSR count). The van der Waals surface area contributed by atoms with Crippen molar-refractivity contribution in [3.63, 3.8) is 0 Å². The van der Waals surface area contributed by atoms with E-state index in [1.807, 2.05) is 31.2 Å². The lowest BCUT2D eigenvalue weighted by Gasteiger charge is -2.10. The van der Waals surface area contributed by atoms with Crippen molar-refractivity contribution >= 4 is 11.5 Å². The summed E-state index contributed by atoms with van der Waals surface area (Å²) in [6.07, 6.45) is 0. The van der Waals surface area contributed by atoms with Gasteiger partial charge >= 0.3 is 0 Å². The molecule has 3 N–H and O–H groups in total. The third-order valence-electron chi connectivity index (χ3n) is 3.10. The number of nitrogen functional groups attached to an aromatic ring is 1. The van der Waals surface area contributed by atoms with Crippen LogP contribution in [-0.4, -0.2) is 4.98 Å². The summed E-state index contributed by atoms with van der Waals surface area (Å²) in [6, 6.07) is 7.36. The molecule has 4 heteroatoms. The SMILES string of the molecule is Cc1cc(CNc2ccc(N)c(C)n2)cc(C)c1F. The number of aromatic nitrogens is 1. The Balaban J connectivity index is 2.12. The Morgan fingerprint density at radius 1 is 1.16 bits per heavy atom. The van der Waals surface area contributed by atoms with Crippen LogP contribution in [0.1, 0.15) is 22.4 Å². The molecule has 0 saturated heterocycles. The highest BCUT2D eigenvalue weighted by Gasteiger charge is 2.05. The van der Waals surface area contributed by atoms with Gasteiger partial charge in [0.1, 0.15) is 11.6 Å². The summed E-state index contributed by atoms with van der Waals surface area (Å²) in [7, 11) is 0. The lowest BCUT2D eigenvalue weighted by Crippen LogP contribution is -2.04. The van der Waals surface area contributed by atoms with Gasteiger partial charge in [-0.3, -0.25) is 0 Å². The van der Waals surface area contributed by atoms with E-state index >= 15 is 0 Å². The molecule has 0 amide bonds. The van der Waals surface area contributed by atoms with Crippen LogP contribution in [0.5, 0.6) is 0 Å². The number of nitrogens with one attached hydrogen (secondary N) is 1. The van der Waals surface area contributed by atoms with E-state index in [1.54, 1.807) is 13.8 Å². The molecule has 0 aliphatic rings. The molecular weight excluding hydrogens is 241 g/mol. The maximum absolute atomic E-state index is 13.5. The average Bonchev–Trinajstić information content (AvgIpc) is 2.37. The van der Waals surface area contributed by atoms with E-state index in [-0.39, 0.29) is 5.82 Å². The Hall–Kier alpha value is -2.10. The molecule has 0 fully saturated rings. The first kappa shape index (κ1) is 13.3. The molecule has 0 bridgehead atoms. The summed E-state index contributed by atoms with van der Waals surface area (Å²) in [4.78, 5) is 4.34. The number of anilines is 2. The molecule has 0 saturated carbocycles. The molecule has 0 unspecified atom stereocenters. The number of aryl methyl sites for hydroxylation is 3. The van der Waals surface area contributed by atoms with Gasteiger partial charge in [0.25, 0.3) is 0 Å². The van der Waals surface area contributed by atoms with Crippen LogP contribution in [0.3, 0.4) is 0 Å². The van der Waals surface area contributed by atoms with Crippen molar-refractivity contribution in [3.05, 3.63) is 52.5 Å². The summed E-state index contributed by atoms with van der Waals surface area (Å²) in [6.45, 7) is 6.03. The molecule has 1 aromatic heterocycles. The highest BCUT2D eigenvalue weighted by Crippen LogP contribution is 2.17. The van der Waals surface area contributed by atoms with E-state index in [4.69, 9.17) is 5.73 Å². The van der Waals surface area contributed by atoms with Crippen LogP contribution in [-0.2, 0) is 6.54 Å². The molecule has 3 nitrogen and oxygen atoms in total. The van der Waals surface area contributed by atoms with E-state index in [0.717, 1.165) is 17.1 Å². The molecule has 0 radical (unpaired) electrons. The standard InChI is InChI=1S/C15H18FN3/c1-9-6-12(7-10(2)15(9)16)8-18-14-5-4-13(17)11(3)19-14/h4-7H,8,17H2,1-3H3,(H,18,19). The molecule has 19 heavy (non-hydrogen) atoms. The second-order valence-electron chi connectivity index (χ2n) is 4.77. The minimum Gasteiger partial charge on any atom is -0.397 e. The summed E-state index contributed by atoms with van der Waals surface area (Å²) < 4.78 is 13.5. The molecule has 2 aromatic rings. The molecular formula is C15H18FN3. The van der Waals surface area contributed by atoms with Gasteiger partial charge in [-0.1, -0.05) is 12.1 Å². The number of nitrogens with zero attached hydrogens (tertiary/aromatic N) is 1. The number of rotatable bonds is 3. The lowest BCUT2D eigenvalue weighted by molar-refractivity contribution is 0.608. The van der Waals surface area contributed by atoms with Gasteiger partial charge in [0.15, 0.2) is 0 Å². The number of hydrogen-bond acceptors (Lipinski definition) is 3. The van der Waals surface area contributed by atoms with E-state index in [2.05, 4.69) is 10.3 Å². The van der Waals surface area contributed by atoms with Crippen molar-refractivity contribution in [1.29, 1.82) is 0 Å². The van der Waals surface area contributed by atoms with Gasteiger partial charge in [0.2, 0.25) is 0 Å². The first-order chi connectivity index (χ1) is 8.97. The van der Waals surface area contributed by atoms with Crippen LogP contribution in [0.4, 0.5) is 15.9 Å².